The fourth-order valence-corrected chi connectivity index (χ4v) is 3.70. The van der Waals surface area contributed by atoms with Crippen molar-refractivity contribution in [1.29, 1.82) is 0 Å². The SMILES string of the molecule is CC1CC(CC2CCCCC2)CC1C. The van der Waals surface area contributed by atoms with Crippen molar-refractivity contribution < 1.29 is 0 Å². The first-order chi connectivity index (χ1) is 6.75. The smallest absolute Gasteiger partial charge is 0.0406 e. The Balaban J connectivity index is 1.74. The van der Waals surface area contributed by atoms with Gasteiger partial charge in [0.2, 0.25) is 0 Å². The summed E-state index contributed by atoms with van der Waals surface area (Å²) in [5.74, 6) is 4.20. The lowest BCUT2D eigenvalue weighted by Gasteiger charge is -2.24. The highest BCUT2D eigenvalue weighted by Gasteiger charge is 2.29. The predicted octanol–water partition coefficient (Wildman–Crippen LogP) is 4.64. The van der Waals surface area contributed by atoms with Gasteiger partial charge in [-0.15, -0.1) is 0 Å². The van der Waals surface area contributed by atoms with Gasteiger partial charge in [0.15, 0.2) is 0 Å². The molecule has 0 N–H and O–H groups in total. The first kappa shape index (κ1) is 10.5. The lowest BCUT2D eigenvalue weighted by molar-refractivity contribution is 0.285. The van der Waals surface area contributed by atoms with Gasteiger partial charge >= 0.3 is 0 Å². The molecule has 2 fully saturated rings. The fourth-order valence-electron chi connectivity index (χ4n) is 3.70. The molecule has 0 heterocycles. The van der Waals surface area contributed by atoms with Gasteiger partial charge < -0.3 is 0 Å². The van der Waals surface area contributed by atoms with Crippen LogP contribution in [0.5, 0.6) is 0 Å². The molecule has 82 valence electrons. The molecule has 0 heteroatoms. The Labute approximate surface area is 89.5 Å². The van der Waals surface area contributed by atoms with Crippen LogP contribution in [0.15, 0.2) is 0 Å². The van der Waals surface area contributed by atoms with Crippen molar-refractivity contribution in [3.8, 4) is 0 Å². The van der Waals surface area contributed by atoms with Crippen LogP contribution in [0.25, 0.3) is 0 Å². The normalized spacial score (nSPS) is 40.3. The summed E-state index contributed by atoms with van der Waals surface area (Å²) in [7, 11) is 0. The molecule has 2 atom stereocenters. The van der Waals surface area contributed by atoms with Crippen molar-refractivity contribution in [1.82, 2.24) is 0 Å². The zero-order chi connectivity index (χ0) is 9.97. The van der Waals surface area contributed by atoms with Gasteiger partial charge in [0.25, 0.3) is 0 Å². The van der Waals surface area contributed by atoms with E-state index >= 15 is 0 Å². The molecule has 0 amide bonds. The molecule has 0 bridgehead atoms. The molecule has 2 unspecified atom stereocenters. The first-order valence-corrected chi connectivity index (χ1v) is 6.75. The van der Waals surface area contributed by atoms with Crippen LogP contribution in [0.2, 0.25) is 0 Å². The minimum atomic E-state index is 1.00. The summed E-state index contributed by atoms with van der Waals surface area (Å²) in [5.41, 5.74) is 0. The standard InChI is InChI=1S/C14H26/c1-11-8-14(9-12(11)2)10-13-6-4-3-5-7-13/h11-14H,3-10H2,1-2H3. The second-order valence-electron chi connectivity index (χ2n) is 6.03. The van der Waals surface area contributed by atoms with E-state index in [-0.39, 0.29) is 0 Å². The fraction of sp³-hybridized carbons (Fsp3) is 1.00. The van der Waals surface area contributed by atoms with Crippen LogP contribution in [-0.2, 0) is 0 Å². The molecular weight excluding hydrogens is 168 g/mol. The quantitative estimate of drug-likeness (QED) is 0.601. The maximum absolute atomic E-state index is 2.45. The minimum Gasteiger partial charge on any atom is -0.0622 e. The maximum atomic E-state index is 2.45. The second-order valence-corrected chi connectivity index (χ2v) is 6.03. The maximum Gasteiger partial charge on any atom is -0.0406 e. The lowest BCUT2D eigenvalue weighted by atomic mass is 9.82. The van der Waals surface area contributed by atoms with Crippen molar-refractivity contribution in [3.63, 3.8) is 0 Å². The third-order valence-electron chi connectivity index (χ3n) is 4.77. The number of hydrogen-bond acceptors (Lipinski definition) is 0. The zero-order valence-corrected chi connectivity index (χ0v) is 9.97. The van der Waals surface area contributed by atoms with E-state index in [0.29, 0.717) is 0 Å². The molecule has 2 saturated carbocycles. The molecule has 2 aliphatic carbocycles. The molecule has 0 radical (unpaired) electrons. The highest BCUT2D eigenvalue weighted by Crippen LogP contribution is 2.41. The van der Waals surface area contributed by atoms with Crippen molar-refractivity contribution in [2.24, 2.45) is 23.7 Å². The number of hydrogen-bond donors (Lipinski definition) is 0. The topological polar surface area (TPSA) is 0 Å². The lowest BCUT2D eigenvalue weighted by Crippen LogP contribution is -2.10. The first-order valence-electron chi connectivity index (χ1n) is 6.75. The van der Waals surface area contributed by atoms with Crippen molar-refractivity contribution in [3.05, 3.63) is 0 Å². The van der Waals surface area contributed by atoms with Crippen LogP contribution < -0.4 is 0 Å². The van der Waals surface area contributed by atoms with Gasteiger partial charge in [-0.25, -0.2) is 0 Å². The van der Waals surface area contributed by atoms with Gasteiger partial charge in [-0.3, -0.25) is 0 Å². The van der Waals surface area contributed by atoms with Crippen LogP contribution >= 0.6 is 0 Å². The summed E-state index contributed by atoms with van der Waals surface area (Å²) >= 11 is 0. The molecule has 0 saturated heterocycles. The Bertz CT molecular complexity index is 157. The molecular formula is C14H26. The van der Waals surface area contributed by atoms with Crippen LogP contribution in [0.3, 0.4) is 0 Å². The minimum absolute atomic E-state index is 1.00. The van der Waals surface area contributed by atoms with Crippen LogP contribution in [-0.4, -0.2) is 0 Å². The monoisotopic (exact) mass is 194 g/mol. The molecule has 0 nitrogen and oxygen atoms in total. The zero-order valence-electron chi connectivity index (χ0n) is 9.97. The van der Waals surface area contributed by atoms with E-state index in [9.17, 15) is 0 Å². The third kappa shape index (κ3) is 2.52. The highest BCUT2D eigenvalue weighted by atomic mass is 14.4. The van der Waals surface area contributed by atoms with Gasteiger partial charge in [0, 0.05) is 0 Å². The van der Waals surface area contributed by atoms with E-state index in [0.717, 1.165) is 23.7 Å². The summed E-state index contributed by atoms with van der Waals surface area (Å²) in [5, 5.41) is 0. The van der Waals surface area contributed by atoms with E-state index in [4.69, 9.17) is 0 Å². The second kappa shape index (κ2) is 4.68. The molecule has 0 spiro atoms. The average Bonchev–Trinajstić information content (AvgIpc) is 2.47. The molecule has 14 heavy (non-hydrogen) atoms. The summed E-state index contributed by atoms with van der Waals surface area (Å²) in [6.45, 7) is 4.90. The molecule has 0 aromatic heterocycles. The van der Waals surface area contributed by atoms with Gasteiger partial charge in [0.05, 0.1) is 0 Å². The van der Waals surface area contributed by atoms with E-state index in [1.54, 1.807) is 19.3 Å². The summed E-state index contributed by atoms with van der Waals surface area (Å²) in [6, 6.07) is 0. The van der Waals surface area contributed by atoms with Crippen molar-refractivity contribution >= 4 is 0 Å². The molecule has 0 aromatic rings. The summed E-state index contributed by atoms with van der Waals surface area (Å²) < 4.78 is 0. The van der Waals surface area contributed by atoms with E-state index in [2.05, 4.69) is 13.8 Å². The Morgan fingerprint density at radius 3 is 1.93 bits per heavy atom. The number of rotatable bonds is 2. The van der Waals surface area contributed by atoms with Crippen molar-refractivity contribution in [2.45, 2.75) is 65.2 Å². The molecule has 2 rings (SSSR count). The summed E-state index contributed by atoms with van der Waals surface area (Å²) in [4.78, 5) is 0. The molecule has 0 aromatic carbocycles. The van der Waals surface area contributed by atoms with Gasteiger partial charge in [0.1, 0.15) is 0 Å². The van der Waals surface area contributed by atoms with Crippen LogP contribution in [0.1, 0.15) is 65.2 Å². The van der Waals surface area contributed by atoms with Gasteiger partial charge in [-0.05, 0) is 42.9 Å². The Kier molecular flexibility index (Phi) is 3.52. The largest absolute Gasteiger partial charge is 0.0622 e. The van der Waals surface area contributed by atoms with Crippen LogP contribution in [0, 0.1) is 23.7 Å². The molecule has 0 aliphatic heterocycles. The molecule has 2 aliphatic rings. The van der Waals surface area contributed by atoms with Crippen molar-refractivity contribution in [2.75, 3.05) is 0 Å². The highest BCUT2D eigenvalue weighted by molar-refractivity contribution is 4.81. The third-order valence-corrected chi connectivity index (χ3v) is 4.77. The Morgan fingerprint density at radius 1 is 0.786 bits per heavy atom. The van der Waals surface area contributed by atoms with E-state index in [1.165, 1.54) is 32.1 Å². The van der Waals surface area contributed by atoms with Gasteiger partial charge in [-0.2, -0.15) is 0 Å². The van der Waals surface area contributed by atoms with Crippen LogP contribution in [0.4, 0.5) is 0 Å². The van der Waals surface area contributed by atoms with E-state index in [1.807, 2.05) is 0 Å². The Hall–Kier alpha value is 0. The predicted molar refractivity (Wildman–Crippen MR) is 62.2 cm³/mol. The van der Waals surface area contributed by atoms with E-state index < -0.39 is 0 Å². The average molecular weight is 194 g/mol. The van der Waals surface area contributed by atoms with Gasteiger partial charge in [-0.1, -0.05) is 46.0 Å². The summed E-state index contributed by atoms with van der Waals surface area (Å²) in [6.07, 6.45) is 12.2. The Morgan fingerprint density at radius 2 is 1.36 bits per heavy atom.